The van der Waals surface area contributed by atoms with Crippen LogP contribution >= 0.6 is 0 Å². The molecule has 0 fully saturated rings. The van der Waals surface area contributed by atoms with Crippen LogP contribution in [-0.2, 0) is 11.8 Å². The Morgan fingerprint density at radius 2 is 1.08 bits per heavy atom. The van der Waals surface area contributed by atoms with Gasteiger partial charge in [0.1, 0.15) is 0 Å². The van der Waals surface area contributed by atoms with Gasteiger partial charge in [0.2, 0.25) is 0 Å². The molecule has 0 saturated heterocycles. The molecule has 14 rings (SSSR count). The lowest BCUT2D eigenvalue weighted by atomic mass is 9.69. The highest BCUT2D eigenvalue weighted by molar-refractivity contribution is 6.19. The zero-order valence-electron chi connectivity index (χ0n) is 33.4. The molecule has 2 heterocycles. The van der Waals surface area contributed by atoms with Gasteiger partial charge in [0.15, 0.2) is 0 Å². The molecule has 0 atom stereocenters. The molecule has 61 heavy (non-hydrogen) atoms. The predicted molar refractivity (Wildman–Crippen MR) is 255 cm³/mol. The van der Waals surface area contributed by atoms with E-state index in [1.807, 2.05) is 0 Å². The van der Waals surface area contributed by atoms with Crippen LogP contribution in [0.3, 0.4) is 0 Å². The first-order valence-electron chi connectivity index (χ1n) is 21.6. The van der Waals surface area contributed by atoms with Gasteiger partial charge in [-0.3, -0.25) is 0 Å². The van der Waals surface area contributed by atoms with Gasteiger partial charge in [0, 0.05) is 44.4 Å². The second-order valence-electron chi connectivity index (χ2n) is 17.0. The maximum Gasteiger partial charge on any atom is 0.0731 e. The van der Waals surface area contributed by atoms with E-state index in [1.165, 1.54) is 105 Å². The van der Waals surface area contributed by atoms with Crippen LogP contribution in [0.2, 0.25) is 0 Å². The highest BCUT2D eigenvalue weighted by atomic mass is 15.1. The van der Waals surface area contributed by atoms with E-state index in [0.717, 1.165) is 29.9 Å². The van der Waals surface area contributed by atoms with Gasteiger partial charge in [-0.05, 0) is 116 Å². The van der Waals surface area contributed by atoms with Crippen LogP contribution in [0.1, 0.15) is 39.9 Å². The van der Waals surface area contributed by atoms with Gasteiger partial charge in [-0.2, -0.15) is 0 Å². The number of aromatic nitrogens is 1. The Kier molecular flexibility index (Phi) is 6.63. The summed E-state index contributed by atoms with van der Waals surface area (Å²) in [5, 5.41) is 6.47. The number of aryl methyl sites for hydroxylation is 1. The van der Waals surface area contributed by atoms with Crippen LogP contribution in [-0.4, -0.2) is 4.40 Å². The maximum atomic E-state index is 2.54. The first-order valence-corrected chi connectivity index (χ1v) is 21.6. The molecule has 0 saturated carbocycles. The van der Waals surface area contributed by atoms with Crippen molar-refractivity contribution >= 4 is 61.1 Å². The molecule has 3 aliphatic rings. The molecule has 0 bridgehead atoms. The van der Waals surface area contributed by atoms with Crippen LogP contribution in [0.25, 0.3) is 77.4 Å². The lowest BCUT2D eigenvalue weighted by Crippen LogP contribution is -2.26. The second-order valence-corrected chi connectivity index (χ2v) is 17.0. The van der Waals surface area contributed by atoms with Crippen molar-refractivity contribution in [2.45, 2.75) is 18.3 Å². The summed E-state index contributed by atoms with van der Waals surface area (Å²) in [6.07, 6.45) is 6.82. The van der Waals surface area contributed by atoms with Crippen LogP contribution in [0.4, 0.5) is 17.1 Å². The van der Waals surface area contributed by atoms with Gasteiger partial charge in [-0.1, -0.05) is 164 Å². The van der Waals surface area contributed by atoms with Gasteiger partial charge in [-0.15, -0.1) is 0 Å². The zero-order chi connectivity index (χ0) is 39.8. The summed E-state index contributed by atoms with van der Waals surface area (Å²) in [6.45, 7) is 0. The van der Waals surface area contributed by atoms with Crippen molar-refractivity contribution in [1.29, 1.82) is 0 Å². The minimum Gasteiger partial charge on any atom is -0.312 e. The van der Waals surface area contributed by atoms with Crippen molar-refractivity contribution in [1.82, 2.24) is 4.40 Å². The number of fused-ring (bicyclic) bond motifs is 18. The number of anilines is 3. The minimum atomic E-state index is -0.425. The van der Waals surface area contributed by atoms with E-state index in [9.17, 15) is 0 Å². The summed E-state index contributed by atoms with van der Waals surface area (Å²) in [6, 6.07) is 73.0. The Labute approximate surface area is 354 Å². The molecule has 1 spiro atoms. The van der Waals surface area contributed by atoms with Gasteiger partial charge in [0.05, 0.1) is 22.1 Å². The number of allylic oxidation sites excluding steroid dienone is 1. The van der Waals surface area contributed by atoms with Crippen molar-refractivity contribution in [3.05, 3.63) is 234 Å². The standard InChI is InChI=1S/C59H38N2/c1-2-16-39(17-3-1)60(40-35-49-45-22-8-14-28-55(45)61-56-29-15-9-23-46(56)50(36-40)58(49)61)54-27-13-7-18-41(54)38-31-30-37-32-33-47-44-21-6-12-26-53(44)59(57(47)48(37)34-38)51-24-10-4-19-42(51)43-20-5-11-25-52(43)59/h1-14,16-28,30-36H,15,29H2. The summed E-state index contributed by atoms with van der Waals surface area (Å²) in [4.78, 5) is 2.49. The second kappa shape index (κ2) is 12.2. The number of rotatable bonds is 4. The van der Waals surface area contributed by atoms with Crippen LogP contribution < -0.4 is 4.90 Å². The quantitative estimate of drug-likeness (QED) is 0.173. The largest absolute Gasteiger partial charge is 0.312 e. The first-order chi connectivity index (χ1) is 30.3. The summed E-state index contributed by atoms with van der Waals surface area (Å²) in [5.41, 5.74) is 21.6. The van der Waals surface area contributed by atoms with E-state index in [4.69, 9.17) is 0 Å². The van der Waals surface area contributed by atoms with E-state index < -0.39 is 5.41 Å². The van der Waals surface area contributed by atoms with E-state index in [-0.39, 0.29) is 0 Å². The molecular formula is C59H38N2. The van der Waals surface area contributed by atoms with Crippen LogP contribution in [0, 0.1) is 0 Å². The number of hydrogen-bond acceptors (Lipinski definition) is 1. The molecule has 11 aromatic rings. The molecule has 284 valence electrons. The Balaban J connectivity index is 1.03. The van der Waals surface area contributed by atoms with E-state index in [0.29, 0.717) is 0 Å². The Hall–Kier alpha value is -7.68. The monoisotopic (exact) mass is 774 g/mol. The molecule has 0 N–H and O–H groups in total. The fourth-order valence-corrected chi connectivity index (χ4v) is 11.8. The molecule has 9 aromatic carbocycles. The number of hydrogen-bond donors (Lipinski definition) is 0. The third kappa shape index (κ3) is 4.26. The van der Waals surface area contributed by atoms with Crippen LogP contribution in [0.5, 0.6) is 0 Å². The van der Waals surface area contributed by atoms with Gasteiger partial charge in [-0.25, -0.2) is 0 Å². The third-order valence-corrected chi connectivity index (χ3v) is 14.2. The van der Waals surface area contributed by atoms with E-state index in [2.05, 4.69) is 216 Å². The molecule has 2 aromatic heterocycles. The van der Waals surface area contributed by atoms with E-state index in [1.54, 1.807) is 0 Å². The van der Waals surface area contributed by atoms with Gasteiger partial charge in [0.25, 0.3) is 0 Å². The van der Waals surface area contributed by atoms with Gasteiger partial charge >= 0.3 is 0 Å². The fourth-order valence-electron chi connectivity index (χ4n) is 11.8. The normalized spacial score (nSPS) is 14.2. The lowest BCUT2D eigenvalue weighted by molar-refractivity contribution is 0.801. The molecule has 3 aliphatic carbocycles. The molecular weight excluding hydrogens is 737 g/mol. The average Bonchev–Trinajstić information content (AvgIpc) is 4.04. The minimum absolute atomic E-state index is 0.425. The highest BCUT2D eigenvalue weighted by Crippen LogP contribution is 2.64. The topological polar surface area (TPSA) is 7.65 Å². The smallest absolute Gasteiger partial charge is 0.0731 e. The average molecular weight is 775 g/mol. The zero-order valence-corrected chi connectivity index (χ0v) is 33.4. The first kappa shape index (κ1) is 33.2. The molecule has 2 heteroatoms. The molecule has 2 nitrogen and oxygen atoms in total. The fraction of sp³-hybridized carbons (Fsp3) is 0.0508. The van der Waals surface area contributed by atoms with E-state index >= 15 is 0 Å². The Bertz CT molecular complexity index is 3600. The van der Waals surface area contributed by atoms with Crippen molar-refractivity contribution in [3.63, 3.8) is 0 Å². The summed E-state index contributed by atoms with van der Waals surface area (Å²) < 4.78 is 2.54. The Morgan fingerprint density at radius 3 is 1.85 bits per heavy atom. The lowest BCUT2D eigenvalue weighted by Gasteiger charge is -2.31. The van der Waals surface area contributed by atoms with Crippen molar-refractivity contribution in [3.8, 4) is 33.4 Å². The summed E-state index contributed by atoms with van der Waals surface area (Å²) in [7, 11) is 0. The van der Waals surface area contributed by atoms with Gasteiger partial charge < -0.3 is 9.30 Å². The predicted octanol–water partition coefficient (Wildman–Crippen LogP) is 15.3. The Morgan fingerprint density at radius 1 is 0.459 bits per heavy atom. The van der Waals surface area contributed by atoms with Crippen molar-refractivity contribution in [2.75, 3.05) is 4.90 Å². The molecule has 0 unspecified atom stereocenters. The van der Waals surface area contributed by atoms with Crippen molar-refractivity contribution in [2.24, 2.45) is 0 Å². The summed E-state index contributed by atoms with van der Waals surface area (Å²) >= 11 is 0. The maximum absolute atomic E-state index is 2.54. The SMILES string of the molecule is C1=Cc2c(n3c4ccccc4c4cc(N(c5ccccc5)c5ccccc5-c5ccc6ccc7c(c6c5)C5(c6ccccc6-c6ccccc65)c5ccccc5-7)cc2c43)CC1. The number of nitrogens with zero attached hydrogens (tertiary/aromatic N) is 2. The molecule has 0 aliphatic heterocycles. The van der Waals surface area contributed by atoms with Crippen molar-refractivity contribution < 1.29 is 0 Å². The van der Waals surface area contributed by atoms with Crippen LogP contribution in [0.15, 0.2) is 200 Å². The highest BCUT2D eigenvalue weighted by Gasteiger charge is 2.52. The molecule has 0 amide bonds. The number of para-hydroxylation sites is 3. The number of benzene rings is 9. The molecule has 0 radical (unpaired) electrons. The third-order valence-electron chi connectivity index (χ3n) is 14.2. The summed E-state index contributed by atoms with van der Waals surface area (Å²) in [5.74, 6) is 0.